The fourth-order valence-electron chi connectivity index (χ4n) is 0. The molecule has 0 rings (SSSR count). The molecule has 0 bridgehead atoms. The van der Waals surface area contributed by atoms with Gasteiger partial charge in [-0.2, -0.15) is 0 Å². The van der Waals surface area contributed by atoms with Crippen LogP contribution in [0, 0.1) is 0 Å². The van der Waals surface area contributed by atoms with Gasteiger partial charge in [-0.25, -0.2) is 4.79 Å². The van der Waals surface area contributed by atoms with E-state index in [1.807, 2.05) is 0 Å². The molecule has 0 atom stereocenters. The smallest absolute Gasteiger partial charge is 0.402 e. The maximum absolute atomic E-state index is 8.78. The van der Waals surface area contributed by atoms with E-state index >= 15 is 0 Å². The molecule has 0 radical (unpaired) electrons. The van der Waals surface area contributed by atoms with Crippen molar-refractivity contribution in [2.24, 2.45) is 11.5 Å². The molecule has 15 heavy (non-hydrogen) atoms. The third-order valence-electron chi connectivity index (χ3n) is 0.383. The molecule has 0 aliphatic heterocycles. The van der Waals surface area contributed by atoms with Crippen molar-refractivity contribution in [1.29, 1.82) is 0 Å². The zero-order chi connectivity index (χ0) is 12.3. The molecule has 0 aromatic rings. The van der Waals surface area contributed by atoms with Gasteiger partial charge in [0.25, 0.3) is 10.3 Å². The predicted molar refractivity (Wildman–Crippen MR) is 60.5 cm³/mol. The molecule has 0 fully saturated rings. The second-order valence-corrected chi connectivity index (χ2v) is 2.64. The first-order valence-electron chi connectivity index (χ1n) is 2.98. The van der Waals surface area contributed by atoms with Gasteiger partial charge >= 0.3 is 6.09 Å². The Morgan fingerprint density at radius 3 is 1.20 bits per heavy atom. The maximum Gasteiger partial charge on any atom is 0.402 e. The van der Waals surface area contributed by atoms with E-state index in [1.54, 1.807) is 14.1 Å². The van der Waals surface area contributed by atoms with E-state index in [9.17, 15) is 0 Å². The molecule has 0 unspecified atom stereocenters. The van der Waals surface area contributed by atoms with Gasteiger partial charge in [0.1, 0.15) is 0 Å². The van der Waals surface area contributed by atoms with Gasteiger partial charge in [-0.1, -0.05) is 0 Å². The van der Waals surface area contributed by atoms with Crippen molar-refractivity contribution in [2.75, 3.05) is 14.1 Å². The number of primary amides is 1. The van der Waals surface area contributed by atoms with Gasteiger partial charge in [0.15, 0.2) is 0 Å². The monoisotopic (exact) mass is 307 g/mol. The van der Waals surface area contributed by atoms with Crippen LogP contribution in [-0.4, -0.2) is 50.8 Å². The van der Waals surface area contributed by atoms with E-state index in [2.05, 4.69) is 35.9 Å². The van der Waals surface area contributed by atoms with Crippen molar-refractivity contribution in [2.45, 2.75) is 0 Å². The fourth-order valence-corrected chi connectivity index (χ4v) is 0. The summed E-state index contributed by atoms with van der Waals surface area (Å²) in [5.41, 5.74) is 8.43. The Kier molecular flexibility index (Phi) is 25.0. The van der Waals surface area contributed by atoms with Gasteiger partial charge in [0, 0.05) is 33.6 Å². The number of carboxylic acid groups (broad SMARTS) is 1. The third kappa shape index (κ3) is 157. The summed E-state index contributed by atoms with van der Waals surface area (Å²) in [6.45, 7) is 0. The van der Waals surface area contributed by atoms with Crippen molar-refractivity contribution in [3.8, 4) is 0 Å². The molecule has 1 amide bonds. The molecular weight excluding hydrogens is 296 g/mol. The molecule has 0 aliphatic rings. The number of thiocarbonyl (C=S) groups is 2. The van der Waals surface area contributed by atoms with Gasteiger partial charge in [-0.3, -0.25) is 0 Å². The Morgan fingerprint density at radius 1 is 1.13 bits per heavy atom. The summed E-state index contributed by atoms with van der Waals surface area (Å²) in [6, 6.07) is 0. The molecule has 0 spiro atoms. The van der Waals surface area contributed by atoms with Gasteiger partial charge < -0.3 is 31.7 Å². The average Bonchev–Trinajstić information content (AvgIpc) is 1.83. The normalized spacial score (nSPS) is 6.27. The van der Waals surface area contributed by atoms with E-state index < -0.39 is 11.3 Å². The first-order chi connectivity index (χ1) is 6.11. The SMILES string of the molecule is CN(C)C(O)=S.NC(=O)O.NC(O)=S.[Zn]. The van der Waals surface area contributed by atoms with Gasteiger partial charge in [0.2, 0.25) is 0 Å². The van der Waals surface area contributed by atoms with Crippen LogP contribution >= 0.6 is 24.4 Å². The van der Waals surface area contributed by atoms with Crippen LogP contribution in [0.15, 0.2) is 0 Å². The Hall–Kier alpha value is -0.727. The van der Waals surface area contributed by atoms with Crippen LogP contribution < -0.4 is 11.5 Å². The van der Waals surface area contributed by atoms with Gasteiger partial charge in [-0.15, -0.1) is 0 Å². The Labute approximate surface area is 111 Å². The number of amides is 1. The van der Waals surface area contributed by atoms with Gasteiger partial charge in [-0.05, 0) is 24.4 Å². The zero-order valence-corrected chi connectivity index (χ0v) is 13.0. The maximum atomic E-state index is 8.78. The molecular formula is C5H13N3O4S2Zn. The summed E-state index contributed by atoms with van der Waals surface area (Å²) in [4.78, 5) is 10.2. The number of hydrogen-bond acceptors (Lipinski definition) is 3. The van der Waals surface area contributed by atoms with Crippen molar-refractivity contribution in [1.82, 2.24) is 4.90 Å². The summed E-state index contributed by atoms with van der Waals surface area (Å²) in [5, 5.41) is 22.5. The second kappa shape index (κ2) is 15.7. The van der Waals surface area contributed by atoms with Gasteiger partial charge in [0.05, 0.1) is 0 Å². The Morgan fingerprint density at radius 2 is 1.20 bits per heavy atom. The summed E-state index contributed by atoms with van der Waals surface area (Å²) in [7, 11) is 3.37. The number of hydrogen-bond donors (Lipinski definition) is 5. The summed E-state index contributed by atoms with van der Waals surface area (Å²) < 4.78 is 0. The Balaban J connectivity index is -0.0000000606. The van der Waals surface area contributed by atoms with Crippen LogP contribution in [0.4, 0.5) is 4.79 Å². The summed E-state index contributed by atoms with van der Waals surface area (Å²) >= 11 is 8.17. The van der Waals surface area contributed by atoms with Crippen LogP contribution in [-0.2, 0) is 19.5 Å². The van der Waals surface area contributed by atoms with E-state index in [0.717, 1.165) is 0 Å². The number of aliphatic hydroxyl groups excluding tert-OH is 2. The molecule has 0 saturated carbocycles. The largest absolute Gasteiger partial charge is 0.487 e. The quantitative estimate of drug-likeness (QED) is 0.307. The first-order valence-corrected chi connectivity index (χ1v) is 3.80. The molecule has 86 valence electrons. The predicted octanol–water partition coefficient (Wildman–Crippen LogP) is -0.200. The standard InChI is InChI=1S/C3H7NOS.CH3NO2.CH3NOS.Zn/c1-4(2)3(5)6;2*2-1(3)4;/h1-2H3,(H,5,6);2H2,(H,3,4);(H3,2,3,4);. The number of nitrogens with two attached hydrogens (primary N) is 2. The number of rotatable bonds is 0. The third-order valence-corrected chi connectivity index (χ3v) is 0.748. The first kappa shape index (κ1) is 23.8. The molecule has 0 aromatic heterocycles. The average molecular weight is 309 g/mol. The fraction of sp³-hybridized carbons (Fsp3) is 0.400. The molecule has 7 N–H and O–H groups in total. The second-order valence-electron chi connectivity index (χ2n) is 1.85. The number of nitrogens with zero attached hydrogens (tertiary/aromatic N) is 1. The van der Waals surface area contributed by atoms with Crippen molar-refractivity contribution in [3.63, 3.8) is 0 Å². The molecule has 10 heteroatoms. The van der Waals surface area contributed by atoms with Crippen LogP contribution in [0.25, 0.3) is 0 Å². The van der Waals surface area contributed by atoms with E-state index in [0.29, 0.717) is 0 Å². The van der Waals surface area contributed by atoms with Crippen LogP contribution in [0.1, 0.15) is 0 Å². The van der Waals surface area contributed by atoms with E-state index in [4.69, 9.17) is 20.1 Å². The zero-order valence-electron chi connectivity index (χ0n) is 8.38. The van der Waals surface area contributed by atoms with Crippen molar-refractivity contribution in [3.05, 3.63) is 0 Å². The van der Waals surface area contributed by atoms with Crippen LogP contribution in [0.3, 0.4) is 0 Å². The molecule has 7 nitrogen and oxygen atoms in total. The minimum Gasteiger partial charge on any atom is -0.487 e. The number of carbonyl (C=O) groups is 1. The summed E-state index contributed by atoms with van der Waals surface area (Å²) in [5.74, 6) is 0. The molecule has 0 heterocycles. The van der Waals surface area contributed by atoms with E-state index in [-0.39, 0.29) is 24.7 Å². The molecule has 0 saturated heterocycles. The summed E-state index contributed by atoms with van der Waals surface area (Å²) in [6.07, 6.45) is -1.33. The van der Waals surface area contributed by atoms with E-state index in [1.165, 1.54) is 4.90 Å². The van der Waals surface area contributed by atoms with Crippen molar-refractivity contribution >= 4 is 40.9 Å². The molecule has 0 aromatic carbocycles. The van der Waals surface area contributed by atoms with Crippen LogP contribution in [0.2, 0.25) is 0 Å². The molecule has 0 aliphatic carbocycles. The minimum atomic E-state index is -1.33. The Bertz CT molecular complexity index is 183. The van der Waals surface area contributed by atoms with Crippen LogP contribution in [0.5, 0.6) is 0 Å². The topological polar surface area (TPSA) is 133 Å². The number of aliphatic hydroxyl groups is 2. The van der Waals surface area contributed by atoms with Crippen molar-refractivity contribution < 1.29 is 39.6 Å². The minimum absolute atomic E-state index is 0.